The maximum atomic E-state index is 13.2. The standard InChI is InChI=1S/C17H17ClFN5O3S/c1-11-9-12(2)24(21-11)16-5-6-17(25)23(22-16)8-7-20-28(26,27)13-3-4-15(19)14(18)10-13/h3-6,9-10,20H,7-8H2,1-2H3. The molecular formula is C17H17ClFN5O3S. The monoisotopic (exact) mass is 425 g/mol. The molecule has 0 aliphatic rings. The van der Waals surface area contributed by atoms with Gasteiger partial charge in [0.25, 0.3) is 5.56 Å². The third-order valence-corrected chi connectivity index (χ3v) is 5.64. The first-order chi connectivity index (χ1) is 13.2. The zero-order valence-electron chi connectivity index (χ0n) is 15.1. The van der Waals surface area contributed by atoms with Gasteiger partial charge in [-0.05, 0) is 44.2 Å². The highest BCUT2D eigenvalue weighted by atomic mass is 35.5. The van der Waals surface area contributed by atoms with Crippen LogP contribution in [0.4, 0.5) is 4.39 Å². The van der Waals surface area contributed by atoms with Crippen LogP contribution < -0.4 is 10.3 Å². The van der Waals surface area contributed by atoms with Crippen molar-refractivity contribution in [3.8, 4) is 5.82 Å². The molecule has 0 aliphatic heterocycles. The first-order valence-electron chi connectivity index (χ1n) is 8.24. The first-order valence-corrected chi connectivity index (χ1v) is 10.1. The molecule has 2 aromatic heterocycles. The zero-order chi connectivity index (χ0) is 20.5. The Morgan fingerprint density at radius 1 is 1.14 bits per heavy atom. The summed E-state index contributed by atoms with van der Waals surface area (Å²) in [4.78, 5) is 11.9. The summed E-state index contributed by atoms with van der Waals surface area (Å²) >= 11 is 5.63. The predicted molar refractivity (Wildman–Crippen MR) is 102 cm³/mol. The molecule has 0 unspecified atom stereocenters. The Bertz CT molecular complexity index is 1190. The van der Waals surface area contributed by atoms with Crippen molar-refractivity contribution in [2.24, 2.45) is 0 Å². The fraction of sp³-hybridized carbons (Fsp3) is 0.235. The van der Waals surface area contributed by atoms with Gasteiger partial charge >= 0.3 is 0 Å². The van der Waals surface area contributed by atoms with Gasteiger partial charge in [0.1, 0.15) is 5.82 Å². The zero-order valence-corrected chi connectivity index (χ0v) is 16.6. The van der Waals surface area contributed by atoms with Gasteiger partial charge in [0.05, 0.1) is 22.2 Å². The molecule has 3 aromatic rings. The van der Waals surface area contributed by atoms with E-state index < -0.39 is 15.8 Å². The Morgan fingerprint density at radius 3 is 2.54 bits per heavy atom. The van der Waals surface area contributed by atoms with E-state index in [-0.39, 0.29) is 28.6 Å². The lowest BCUT2D eigenvalue weighted by atomic mass is 10.3. The summed E-state index contributed by atoms with van der Waals surface area (Å²) in [6.45, 7) is 3.61. The van der Waals surface area contributed by atoms with Crippen molar-refractivity contribution in [2.45, 2.75) is 25.3 Å². The second kappa shape index (κ2) is 7.82. The van der Waals surface area contributed by atoms with Crippen molar-refractivity contribution < 1.29 is 12.8 Å². The summed E-state index contributed by atoms with van der Waals surface area (Å²) < 4.78 is 42.9. The van der Waals surface area contributed by atoms with Gasteiger partial charge in [0, 0.05) is 18.3 Å². The van der Waals surface area contributed by atoms with E-state index in [9.17, 15) is 17.6 Å². The number of nitrogens with one attached hydrogen (secondary N) is 1. The Kier molecular flexibility index (Phi) is 5.64. The molecule has 0 atom stereocenters. The fourth-order valence-corrected chi connectivity index (χ4v) is 3.88. The van der Waals surface area contributed by atoms with Crippen molar-refractivity contribution in [1.29, 1.82) is 0 Å². The summed E-state index contributed by atoms with van der Waals surface area (Å²) in [5.74, 6) is -0.268. The number of benzene rings is 1. The maximum absolute atomic E-state index is 13.2. The fourth-order valence-electron chi connectivity index (χ4n) is 2.59. The molecule has 0 saturated carbocycles. The Labute approximate surface area is 165 Å². The molecule has 0 aliphatic carbocycles. The van der Waals surface area contributed by atoms with Gasteiger partial charge < -0.3 is 0 Å². The molecule has 148 valence electrons. The lowest BCUT2D eigenvalue weighted by Gasteiger charge is -2.10. The van der Waals surface area contributed by atoms with Crippen LogP contribution in [0.15, 0.2) is 46.1 Å². The number of nitrogens with zero attached hydrogens (tertiary/aromatic N) is 4. The van der Waals surface area contributed by atoms with E-state index in [2.05, 4.69) is 14.9 Å². The van der Waals surface area contributed by atoms with Crippen molar-refractivity contribution >= 4 is 21.6 Å². The van der Waals surface area contributed by atoms with Gasteiger partial charge in [0.15, 0.2) is 5.82 Å². The molecule has 0 radical (unpaired) electrons. The first kappa shape index (κ1) is 20.2. The predicted octanol–water partition coefficient (Wildman–Crippen LogP) is 1.82. The summed E-state index contributed by atoms with van der Waals surface area (Å²) in [5, 5.41) is 8.25. The van der Waals surface area contributed by atoms with E-state index >= 15 is 0 Å². The van der Waals surface area contributed by atoms with Gasteiger partial charge in [0.2, 0.25) is 10.0 Å². The summed E-state index contributed by atoms with van der Waals surface area (Å²) in [5.41, 5.74) is 1.28. The highest BCUT2D eigenvalue weighted by Crippen LogP contribution is 2.19. The molecule has 0 spiro atoms. The number of aryl methyl sites for hydroxylation is 2. The molecule has 11 heteroatoms. The molecule has 8 nitrogen and oxygen atoms in total. The summed E-state index contributed by atoms with van der Waals surface area (Å²) in [7, 11) is -3.91. The Hall–Kier alpha value is -2.56. The minimum Gasteiger partial charge on any atom is -0.268 e. The molecule has 1 aromatic carbocycles. The molecule has 2 heterocycles. The lowest BCUT2D eigenvalue weighted by molar-refractivity contribution is 0.541. The van der Waals surface area contributed by atoms with Crippen LogP contribution >= 0.6 is 11.6 Å². The Morgan fingerprint density at radius 2 is 1.89 bits per heavy atom. The van der Waals surface area contributed by atoms with E-state index in [1.165, 1.54) is 6.07 Å². The third-order valence-electron chi connectivity index (χ3n) is 3.90. The second-order valence-corrected chi connectivity index (χ2v) is 8.24. The largest absolute Gasteiger partial charge is 0.268 e. The van der Waals surface area contributed by atoms with Crippen LogP contribution in [0.3, 0.4) is 0 Å². The third kappa shape index (κ3) is 4.29. The van der Waals surface area contributed by atoms with Gasteiger partial charge in [-0.3, -0.25) is 4.79 Å². The van der Waals surface area contributed by atoms with Crippen molar-refractivity contribution in [1.82, 2.24) is 24.3 Å². The molecular weight excluding hydrogens is 409 g/mol. The topological polar surface area (TPSA) is 98.9 Å². The number of hydrogen-bond donors (Lipinski definition) is 1. The molecule has 1 N–H and O–H groups in total. The molecule has 0 saturated heterocycles. The average Bonchev–Trinajstić information content (AvgIpc) is 2.97. The number of hydrogen-bond acceptors (Lipinski definition) is 5. The lowest BCUT2D eigenvalue weighted by Crippen LogP contribution is -2.32. The van der Waals surface area contributed by atoms with E-state index in [1.54, 1.807) is 10.7 Å². The smallest absolute Gasteiger partial charge is 0.266 e. The van der Waals surface area contributed by atoms with Crippen LogP contribution in [-0.2, 0) is 16.6 Å². The highest BCUT2D eigenvalue weighted by molar-refractivity contribution is 7.89. The number of halogens is 2. The SMILES string of the molecule is Cc1cc(C)n(-c2ccc(=O)n(CCNS(=O)(=O)c3ccc(F)c(Cl)c3)n2)n1. The second-order valence-electron chi connectivity index (χ2n) is 6.07. The number of aromatic nitrogens is 4. The van der Waals surface area contributed by atoms with Crippen molar-refractivity contribution in [3.63, 3.8) is 0 Å². The maximum Gasteiger partial charge on any atom is 0.266 e. The van der Waals surface area contributed by atoms with Crippen molar-refractivity contribution in [3.05, 3.63) is 69.0 Å². The van der Waals surface area contributed by atoms with Crippen LogP contribution in [0.2, 0.25) is 5.02 Å². The van der Waals surface area contributed by atoms with Gasteiger partial charge in [-0.1, -0.05) is 11.6 Å². The normalized spacial score (nSPS) is 11.7. The molecule has 28 heavy (non-hydrogen) atoms. The van der Waals surface area contributed by atoms with Gasteiger partial charge in [-0.25, -0.2) is 26.9 Å². The Balaban J connectivity index is 1.75. The molecule has 3 rings (SSSR count). The molecule has 0 bridgehead atoms. The van der Waals surface area contributed by atoms with Gasteiger partial charge in [-0.2, -0.15) is 5.10 Å². The molecule has 0 amide bonds. The van der Waals surface area contributed by atoms with E-state index in [0.29, 0.717) is 5.82 Å². The van der Waals surface area contributed by atoms with Crippen LogP contribution in [0, 0.1) is 19.7 Å². The van der Waals surface area contributed by atoms with E-state index in [0.717, 1.165) is 34.3 Å². The summed E-state index contributed by atoms with van der Waals surface area (Å²) in [6.07, 6.45) is 0. The van der Waals surface area contributed by atoms with Crippen LogP contribution in [0.5, 0.6) is 0 Å². The van der Waals surface area contributed by atoms with Crippen LogP contribution in [-0.4, -0.2) is 34.5 Å². The highest BCUT2D eigenvalue weighted by Gasteiger charge is 2.16. The quantitative estimate of drug-likeness (QED) is 0.649. The van der Waals surface area contributed by atoms with Crippen LogP contribution in [0.1, 0.15) is 11.4 Å². The van der Waals surface area contributed by atoms with Crippen LogP contribution in [0.25, 0.3) is 5.82 Å². The minimum absolute atomic E-state index is 0.000127. The number of rotatable bonds is 6. The summed E-state index contributed by atoms with van der Waals surface area (Å²) in [6, 6.07) is 7.86. The van der Waals surface area contributed by atoms with Gasteiger partial charge in [-0.15, -0.1) is 5.10 Å². The van der Waals surface area contributed by atoms with E-state index in [4.69, 9.17) is 11.6 Å². The minimum atomic E-state index is -3.91. The van der Waals surface area contributed by atoms with E-state index in [1.807, 2.05) is 19.9 Å². The van der Waals surface area contributed by atoms with Crippen molar-refractivity contribution in [2.75, 3.05) is 6.54 Å². The molecule has 0 fully saturated rings. The number of sulfonamides is 1. The average molecular weight is 426 g/mol.